The Bertz CT molecular complexity index is 130. The molecular formula is C9H14F2. The summed E-state index contributed by atoms with van der Waals surface area (Å²) in [6.07, 6.45) is 6.13. The van der Waals surface area contributed by atoms with E-state index in [4.69, 9.17) is 0 Å². The Hall–Kier alpha value is -0.400. The Balaban J connectivity index is 2.07. The monoisotopic (exact) mass is 160 g/mol. The van der Waals surface area contributed by atoms with Gasteiger partial charge in [0, 0.05) is 0 Å². The van der Waals surface area contributed by atoms with Gasteiger partial charge in [0.2, 0.25) is 0 Å². The molecule has 0 aromatic rings. The van der Waals surface area contributed by atoms with Crippen LogP contribution in [0.15, 0.2) is 12.2 Å². The molecule has 0 unspecified atom stereocenters. The van der Waals surface area contributed by atoms with E-state index in [0.29, 0.717) is 6.42 Å². The van der Waals surface area contributed by atoms with Crippen molar-refractivity contribution in [3.05, 3.63) is 12.2 Å². The fraction of sp³-hybridized carbons (Fsp3) is 0.778. The summed E-state index contributed by atoms with van der Waals surface area (Å²) in [6, 6.07) is 0. The molecule has 1 rings (SSSR count). The van der Waals surface area contributed by atoms with Crippen LogP contribution in [0.5, 0.6) is 0 Å². The highest BCUT2D eigenvalue weighted by atomic mass is 19.3. The molecule has 0 spiro atoms. The molecule has 2 heteroatoms. The fourth-order valence-electron chi connectivity index (χ4n) is 1.73. The molecule has 0 heterocycles. The van der Waals surface area contributed by atoms with E-state index in [2.05, 4.69) is 0 Å². The first-order valence-corrected chi connectivity index (χ1v) is 4.30. The zero-order chi connectivity index (χ0) is 8.10. The van der Waals surface area contributed by atoms with Crippen molar-refractivity contribution in [1.29, 1.82) is 0 Å². The lowest BCUT2D eigenvalue weighted by molar-refractivity contribution is 0.412. The SMILES string of the molecule is FC(F)=CCCC1CCCC1. The van der Waals surface area contributed by atoms with E-state index in [-0.39, 0.29) is 0 Å². The fourth-order valence-corrected chi connectivity index (χ4v) is 1.73. The molecule has 0 aliphatic heterocycles. The van der Waals surface area contributed by atoms with Crippen molar-refractivity contribution >= 4 is 0 Å². The van der Waals surface area contributed by atoms with Crippen LogP contribution in [-0.2, 0) is 0 Å². The van der Waals surface area contributed by atoms with Gasteiger partial charge in [0.1, 0.15) is 0 Å². The molecule has 11 heavy (non-hydrogen) atoms. The van der Waals surface area contributed by atoms with Crippen molar-refractivity contribution < 1.29 is 8.78 Å². The third-order valence-corrected chi connectivity index (χ3v) is 2.35. The van der Waals surface area contributed by atoms with Gasteiger partial charge in [-0.15, -0.1) is 0 Å². The van der Waals surface area contributed by atoms with Crippen molar-refractivity contribution in [3.63, 3.8) is 0 Å². The second-order valence-corrected chi connectivity index (χ2v) is 3.22. The van der Waals surface area contributed by atoms with E-state index in [1.165, 1.54) is 25.7 Å². The molecule has 0 nitrogen and oxygen atoms in total. The van der Waals surface area contributed by atoms with E-state index in [9.17, 15) is 8.78 Å². The van der Waals surface area contributed by atoms with Crippen molar-refractivity contribution in [1.82, 2.24) is 0 Å². The molecule has 0 saturated heterocycles. The summed E-state index contributed by atoms with van der Waals surface area (Å²) in [6.45, 7) is 0. The van der Waals surface area contributed by atoms with Crippen molar-refractivity contribution in [3.8, 4) is 0 Å². The molecular weight excluding hydrogens is 146 g/mol. The maximum absolute atomic E-state index is 11.6. The van der Waals surface area contributed by atoms with E-state index in [1.807, 2.05) is 0 Å². The smallest absolute Gasteiger partial charge is 0.174 e. The van der Waals surface area contributed by atoms with Crippen molar-refractivity contribution in [2.45, 2.75) is 38.5 Å². The van der Waals surface area contributed by atoms with Gasteiger partial charge in [-0.05, 0) is 24.8 Å². The summed E-state index contributed by atoms with van der Waals surface area (Å²) in [4.78, 5) is 0. The van der Waals surface area contributed by atoms with Crippen LogP contribution in [0.3, 0.4) is 0 Å². The van der Waals surface area contributed by atoms with Crippen LogP contribution in [0.4, 0.5) is 8.78 Å². The second-order valence-electron chi connectivity index (χ2n) is 3.22. The summed E-state index contributed by atoms with van der Waals surface area (Å²) in [7, 11) is 0. The van der Waals surface area contributed by atoms with E-state index >= 15 is 0 Å². The van der Waals surface area contributed by atoms with Gasteiger partial charge in [-0.1, -0.05) is 25.7 Å². The Morgan fingerprint density at radius 1 is 1.27 bits per heavy atom. The van der Waals surface area contributed by atoms with E-state index in [0.717, 1.165) is 18.4 Å². The first-order chi connectivity index (χ1) is 5.29. The minimum absolute atomic E-state index is 0.562. The number of rotatable bonds is 3. The molecule has 0 N–H and O–H groups in total. The molecule has 1 saturated carbocycles. The summed E-state index contributed by atoms with van der Waals surface area (Å²) in [5.41, 5.74) is 0. The third-order valence-electron chi connectivity index (χ3n) is 2.35. The standard InChI is InChI=1S/C9H14F2/c10-9(11)7-3-6-8-4-1-2-5-8/h7-8H,1-6H2. The highest BCUT2D eigenvalue weighted by molar-refractivity contribution is 4.81. The zero-order valence-corrected chi connectivity index (χ0v) is 6.65. The van der Waals surface area contributed by atoms with Gasteiger partial charge in [-0.3, -0.25) is 0 Å². The van der Waals surface area contributed by atoms with Crippen LogP contribution >= 0.6 is 0 Å². The van der Waals surface area contributed by atoms with Crippen LogP contribution in [0.1, 0.15) is 38.5 Å². The van der Waals surface area contributed by atoms with Gasteiger partial charge in [-0.2, -0.15) is 8.78 Å². The molecule has 0 amide bonds. The lowest BCUT2D eigenvalue weighted by Gasteiger charge is -2.04. The first-order valence-electron chi connectivity index (χ1n) is 4.30. The van der Waals surface area contributed by atoms with Gasteiger partial charge in [0.15, 0.2) is 0 Å². The average molecular weight is 160 g/mol. The topological polar surface area (TPSA) is 0 Å². The molecule has 64 valence electrons. The Kier molecular flexibility index (Phi) is 3.53. The highest BCUT2D eigenvalue weighted by Crippen LogP contribution is 2.28. The lowest BCUT2D eigenvalue weighted by atomic mass is 10.0. The number of hydrogen-bond donors (Lipinski definition) is 0. The minimum Gasteiger partial charge on any atom is -0.174 e. The van der Waals surface area contributed by atoms with Crippen LogP contribution in [0, 0.1) is 5.92 Å². The Labute approximate surface area is 66.3 Å². The normalized spacial score (nSPS) is 18.7. The van der Waals surface area contributed by atoms with Gasteiger partial charge < -0.3 is 0 Å². The largest absolute Gasteiger partial charge is 0.266 e. The lowest BCUT2D eigenvalue weighted by Crippen LogP contribution is -1.90. The zero-order valence-electron chi connectivity index (χ0n) is 6.65. The van der Waals surface area contributed by atoms with Gasteiger partial charge in [0.25, 0.3) is 6.08 Å². The minimum atomic E-state index is -1.53. The molecule has 0 bridgehead atoms. The van der Waals surface area contributed by atoms with Gasteiger partial charge >= 0.3 is 0 Å². The van der Waals surface area contributed by atoms with Gasteiger partial charge in [0.05, 0.1) is 0 Å². The summed E-state index contributed by atoms with van der Waals surface area (Å²) >= 11 is 0. The highest BCUT2D eigenvalue weighted by Gasteiger charge is 2.13. The molecule has 0 atom stereocenters. The quantitative estimate of drug-likeness (QED) is 0.590. The van der Waals surface area contributed by atoms with Crippen LogP contribution in [0.25, 0.3) is 0 Å². The maximum Gasteiger partial charge on any atom is 0.266 e. The maximum atomic E-state index is 11.6. The predicted octanol–water partition coefficient (Wildman–Crippen LogP) is 3.74. The molecule has 1 fully saturated rings. The van der Waals surface area contributed by atoms with Crippen molar-refractivity contribution in [2.24, 2.45) is 5.92 Å². The van der Waals surface area contributed by atoms with Crippen LogP contribution < -0.4 is 0 Å². The summed E-state index contributed by atoms with van der Waals surface area (Å²) in [5, 5.41) is 0. The molecule has 1 aliphatic carbocycles. The Morgan fingerprint density at radius 2 is 1.91 bits per heavy atom. The van der Waals surface area contributed by atoms with Gasteiger partial charge in [-0.25, -0.2) is 0 Å². The number of halogens is 2. The number of allylic oxidation sites excluding steroid dienone is 1. The van der Waals surface area contributed by atoms with Crippen LogP contribution in [-0.4, -0.2) is 0 Å². The number of hydrogen-bond acceptors (Lipinski definition) is 0. The molecule has 1 aliphatic rings. The Morgan fingerprint density at radius 3 is 2.45 bits per heavy atom. The van der Waals surface area contributed by atoms with E-state index in [1.54, 1.807) is 0 Å². The second kappa shape index (κ2) is 4.47. The van der Waals surface area contributed by atoms with Crippen molar-refractivity contribution in [2.75, 3.05) is 0 Å². The van der Waals surface area contributed by atoms with E-state index < -0.39 is 6.08 Å². The molecule has 0 aromatic heterocycles. The summed E-state index contributed by atoms with van der Waals surface area (Å²) < 4.78 is 23.1. The summed E-state index contributed by atoms with van der Waals surface area (Å²) in [5.74, 6) is 0.727. The third kappa shape index (κ3) is 3.49. The predicted molar refractivity (Wildman–Crippen MR) is 41.5 cm³/mol. The average Bonchev–Trinajstić information content (AvgIpc) is 2.39. The molecule has 0 aromatic carbocycles. The molecule has 0 radical (unpaired) electrons. The van der Waals surface area contributed by atoms with Crippen LogP contribution in [0.2, 0.25) is 0 Å². The first kappa shape index (κ1) is 8.69.